The van der Waals surface area contributed by atoms with Crippen LogP contribution in [0.25, 0.3) is 0 Å². The highest BCUT2D eigenvalue weighted by molar-refractivity contribution is 5.81. The Hall–Kier alpha value is -2.80. The second-order valence-electron chi connectivity index (χ2n) is 11.9. The van der Waals surface area contributed by atoms with Crippen LogP contribution < -0.4 is 0 Å². The standard InChI is InChI=1S/C30H36F2N2O3/c1-19(35)37-27-15-20-7-5-6-8-25(20)30(27)11-13-33(14-12-30)28(36)24-18-34(29(2,3)4)17-23(24)22-10-9-21(31)16-26(22)32/h5-10,16,23-24,27H,11-15,17-18H2,1-4H3/t23-,24+,27+/m0/s1. The Kier molecular flexibility index (Phi) is 6.63. The Bertz CT molecular complexity index is 1200. The van der Waals surface area contributed by atoms with Gasteiger partial charge in [0.25, 0.3) is 0 Å². The fourth-order valence-corrected chi connectivity index (χ4v) is 6.78. The van der Waals surface area contributed by atoms with E-state index < -0.39 is 17.6 Å². The number of carbonyl (C=O) groups is 2. The quantitative estimate of drug-likeness (QED) is 0.556. The summed E-state index contributed by atoms with van der Waals surface area (Å²) in [4.78, 5) is 30.0. The van der Waals surface area contributed by atoms with Crippen LogP contribution >= 0.6 is 0 Å². The van der Waals surface area contributed by atoms with Crippen molar-refractivity contribution in [1.29, 1.82) is 0 Å². The number of nitrogens with zero attached hydrogens (tertiary/aromatic N) is 2. The molecule has 0 aromatic heterocycles. The van der Waals surface area contributed by atoms with Crippen molar-refractivity contribution in [3.8, 4) is 0 Å². The summed E-state index contributed by atoms with van der Waals surface area (Å²) < 4.78 is 34.3. The van der Waals surface area contributed by atoms with Gasteiger partial charge >= 0.3 is 5.97 Å². The summed E-state index contributed by atoms with van der Waals surface area (Å²) in [6, 6.07) is 11.9. The molecular formula is C30H36F2N2O3. The number of rotatable bonds is 3. The highest BCUT2D eigenvalue weighted by Gasteiger charge is 2.52. The largest absolute Gasteiger partial charge is 0.461 e. The van der Waals surface area contributed by atoms with Gasteiger partial charge in [0.1, 0.15) is 17.7 Å². The first-order chi connectivity index (χ1) is 17.5. The van der Waals surface area contributed by atoms with Crippen LogP contribution in [0, 0.1) is 17.6 Å². The van der Waals surface area contributed by atoms with Crippen LogP contribution in [0.15, 0.2) is 42.5 Å². The number of piperidine rings is 1. The summed E-state index contributed by atoms with van der Waals surface area (Å²) in [5.74, 6) is -2.23. The summed E-state index contributed by atoms with van der Waals surface area (Å²) in [6.07, 6.45) is 1.88. The van der Waals surface area contributed by atoms with Crippen molar-refractivity contribution in [2.45, 2.75) is 69.9 Å². The average Bonchev–Trinajstić information content (AvgIpc) is 3.40. The summed E-state index contributed by atoms with van der Waals surface area (Å²) in [5, 5.41) is 0. The molecule has 0 unspecified atom stereocenters. The lowest BCUT2D eigenvalue weighted by atomic mass is 9.72. The van der Waals surface area contributed by atoms with E-state index in [0.717, 1.165) is 6.07 Å². The number of ether oxygens (including phenoxy) is 1. The van der Waals surface area contributed by atoms with E-state index in [2.05, 4.69) is 37.8 Å². The smallest absolute Gasteiger partial charge is 0.302 e. The number of halogens is 2. The second-order valence-corrected chi connectivity index (χ2v) is 11.9. The molecule has 7 heteroatoms. The van der Waals surface area contributed by atoms with E-state index in [0.29, 0.717) is 51.0 Å². The SMILES string of the molecule is CC(=O)O[C@@H]1Cc2ccccc2C12CCN(C(=O)[C@@H]1CN(C(C)(C)C)C[C@H]1c1ccc(F)cc1F)CC2. The minimum Gasteiger partial charge on any atom is -0.461 e. The van der Waals surface area contributed by atoms with Gasteiger partial charge < -0.3 is 9.64 Å². The number of benzene rings is 2. The molecule has 5 rings (SSSR count). The van der Waals surface area contributed by atoms with Crippen molar-refractivity contribution in [3.63, 3.8) is 0 Å². The maximum Gasteiger partial charge on any atom is 0.302 e. The van der Waals surface area contributed by atoms with Gasteiger partial charge in [0.2, 0.25) is 5.91 Å². The molecule has 2 fully saturated rings. The highest BCUT2D eigenvalue weighted by atomic mass is 19.1. The minimum absolute atomic E-state index is 0.0191. The van der Waals surface area contributed by atoms with Gasteiger partial charge in [-0.3, -0.25) is 14.5 Å². The van der Waals surface area contributed by atoms with Gasteiger partial charge in [0, 0.05) is 62.5 Å². The van der Waals surface area contributed by atoms with Gasteiger partial charge in [-0.25, -0.2) is 8.78 Å². The lowest BCUT2D eigenvalue weighted by molar-refractivity contribution is -0.152. The molecule has 3 atom stereocenters. The summed E-state index contributed by atoms with van der Waals surface area (Å²) in [5.41, 5.74) is 2.35. The average molecular weight is 511 g/mol. The maximum atomic E-state index is 14.9. The molecule has 2 aliphatic heterocycles. The van der Waals surface area contributed by atoms with E-state index in [1.807, 2.05) is 17.0 Å². The van der Waals surface area contributed by atoms with Gasteiger partial charge in [0.05, 0.1) is 5.92 Å². The topological polar surface area (TPSA) is 49.9 Å². The van der Waals surface area contributed by atoms with E-state index in [1.165, 1.54) is 30.2 Å². The summed E-state index contributed by atoms with van der Waals surface area (Å²) in [7, 11) is 0. The Balaban J connectivity index is 1.39. The first kappa shape index (κ1) is 25.8. The Morgan fingerprint density at radius 3 is 2.38 bits per heavy atom. The number of hydrogen-bond acceptors (Lipinski definition) is 4. The molecule has 1 spiro atoms. The minimum atomic E-state index is -0.615. The predicted octanol–water partition coefficient (Wildman–Crippen LogP) is 4.83. The zero-order valence-corrected chi connectivity index (χ0v) is 22.1. The van der Waals surface area contributed by atoms with Crippen molar-refractivity contribution < 1.29 is 23.1 Å². The molecule has 0 bridgehead atoms. The van der Waals surface area contributed by atoms with Gasteiger partial charge in [-0.05, 0) is 56.4 Å². The molecular weight excluding hydrogens is 474 g/mol. The number of fused-ring (bicyclic) bond motifs is 2. The Morgan fingerprint density at radius 1 is 1.03 bits per heavy atom. The molecule has 5 nitrogen and oxygen atoms in total. The summed E-state index contributed by atoms with van der Waals surface area (Å²) in [6.45, 7) is 9.91. The molecule has 0 N–H and O–H groups in total. The molecule has 2 aromatic rings. The molecule has 198 valence electrons. The zero-order valence-electron chi connectivity index (χ0n) is 22.1. The molecule has 37 heavy (non-hydrogen) atoms. The third kappa shape index (κ3) is 4.67. The first-order valence-corrected chi connectivity index (χ1v) is 13.2. The second kappa shape index (κ2) is 9.50. The van der Waals surface area contributed by atoms with E-state index in [9.17, 15) is 18.4 Å². The first-order valence-electron chi connectivity index (χ1n) is 13.2. The van der Waals surface area contributed by atoms with Gasteiger partial charge in [-0.15, -0.1) is 0 Å². The van der Waals surface area contributed by atoms with Crippen LogP contribution in [0.1, 0.15) is 63.1 Å². The molecule has 2 aromatic carbocycles. The van der Waals surface area contributed by atoms with E-state index >= 15 is 0 Å². The normalized spacial score (nSPS) is 25.4. The van der Waals surface area contributed by atoms with Crippen LogP contribution in [0.2, 0.25) is 0 Å². The number of hydrogen-bond donors (Lipinski definition) is 0. The third-order valence-corrected chi connectivity index (χ3v) is 8.80. The van der Waals surface area contributed by atoms with Crippen molar-refractivity contribution in [2.24, 2.45) is 5.92 Å². The molecule has 1 amide bonds. The monoisotopic (exact) mass is 510 g/mol. The lowest BCUT2D eigenvalue weighted by Gasteiger charge is -2.44. The van der Waals surface area contributed by atoms with Crippen LogP contribution in [-0.4, -0.2) is 59.5 Å². The van der Waals surface area contributed by atoms with Crippen LogP contribution in [0.3, 0.4) is 0 Å². The maximum absolute atomic E-state index is 14.9. The molecule has 1 aliphatic carbocycles. The van der Waals surface area contributed by atoms with Gasteiger partial charge in [-0.2, -0.15) is 0 Å². The number of esters is 1. The van der Waals surface area contributed by atoms with Gasteiger partial charge in [-0.1, -0.05) is 30.3 Å². The lowest BCUT2D eigenvalue weighted by Crippen LogP contribution is -2.52. The molecule has 2 saturated heterocycles. The Labute approximate surface area is 217 Å². The fraction of sp³-hybridized carbons (Fsp3) is 0.533. The fourth-order valence-electron chi connectivity index (χ4n) is 6.78. The summed E-state index contributed by atoms with van der Waals surface area (Å²) >= 11 is 0. The predicted molar refractivity (Wildman–Crippen MR) is 137 cm³/mol. The van der Waals surface area contributed by atoms with Crippen molar-refractivity contribution in [1.82, 2.24) is 9.80 Å². The zero-order chi connectivity index (χ0) is 26.5. The molecule has 0 saturated carbocycles. The Morgan fingerprint density at radius 2 is 1.73 bits per heavy atom. The number of carbonyl (C=O) groups excluding carboxylic acids is 2. The molecule has 0 radical (unpaired) electrons. The highest BCUT2D eigenvalue weighted by Crippen LogP contribution is 2.48. The van der Waals surface area contributed by atoms with E-state index in [-0.39, 0.29) is 34.9 Å². The molecule has 2 heterocycles. The van der Waals surface area contributed by atoms with Crippen molar-refractivity contribution in [3.05, 3.63) is 70.8 Å². The van der Waals surface area contributed by atoms with Crippen LogP contribution in [0.5, 0.6) is 0 Å². The van der Waals surface area contributed by atoms with E-state index in [4.69, 9.17) is 4.74 Å². The number of likely N-dealkylation sites (tertiary alicyclic amines) is 2. The van der Waals surface area contributed by atoms with Crippen molar-refractivity contribution in [2.75, 3.05) is 26.2 Å². The van der Waals surface area contributed by atoms with E-state index in [1.54, 1.807) is 0 Å². The third-order valence-electron chi connectivity index (χ3n) is 8.80. The molecule has 3 aliphatic rings. The van der Waals surface area contributed by atoms with Crippen molar-refractivity contribution >= 4 is 11.9 Å². The van der Waals surface area contributed by atoms with Gasteiger partial charge in [0.15, 0.2) is 0 Å². The number of amides is 1. The van der Waals surface area contributed by atoms with Crippen LogP contribution in [-0.2, 0) is 26.2 Å². The van der Waals surface area contributed by atoms with Crippen LogP contribution in [0.4, 0.5) is 8.78 Å².